The first-order valence-corrected chi connectivity index (χ1v) is 7.97. The van der Waals surface area contributed by atoms with Crippen molar-refractivity contribution in [3.05, 3.63) is 23.8 Å². The second kappa shape index (κ2) is 8.03. The molecule has 0 aliphatic carbocycles. The van der Waals surface area contributed by atoms with Crippen molar-refractivity contribution in [1.29, 1.82) is 0 Å². The standard InChI is InChI=1S/C17H25NO4/c1-3-21-16-10-13(7-8-15(16)19)11-18-9-5-6-14(12-18)17(20)22-4-2/h7-8,10,14,19H,3-6,9,11-12H2,1-2H3/t14-/m1/s1. The molecule has 22 heavy (non-hydrogen) atoms. The van der Waals surface area contributed by atoms with Crippen LogP contribution in [0.4, 0.5) is 0 Å². The van der Waals surface area contributed by atoms with E-state index < -0.39 is 0 Å². The Hall–Kier alpha value is -1.75. The molecule has 0 unspecified atom stereocenters. The van der Waals surface area contributed by atoms with Gasteiger partial charge in [0.05, 0.1) is 19.1 Å². The number of benzene rings is 1. The van der Waals surface area contributed by atoms with Gasteiger partial charge in [-0.2, -0.15) is 0 Å². The van der Waals surface area contributed by atoms with Crippen LogP contribution in [0, 0.1) is 5.92 Å². The largest absolute Gasteiger partial charge is 0.504 e. The van der Waals surface area contributed by atoms with Crippen molar-refractivity contribution >= 4 is 5.97 Å². The van der Waals surface area contributed by atoms with Gasteiger partial charge in [-0.1, -0.05) is 6.07 Å². The minimum absolute atomic E-state index is 0.0304. The van der Waals surface area contributed by atoms with Crippen molar-refractivity contribution in [3.8, 4) is 11.5 Å². The van der Waals surface area contributed by atoms with Crippen LogP contribution >= 0.6 is 0 Å². The molecule has 1 aliphatic heterocycles. The smallest absolute Gasteiger partial charge is 0.310 e. The number of carbonyl (C=O) groups excluding carboxylic acids is 1. The van der Waals surface area contributed by atoms with Crippen molar-refractivity contribution < 1.29 is 19.4 Å². The van der Waals surface area contributed by atoms with Crippen LogP contribution in [0.2, 0.25) is 0 Å². The van der Waals surface area contributed by atoms with Gasteiger partial charge in [0.25, 0.3) is 0 Å². The third-order valence-electron chi connectivity index (χ3n) is 3.86. The maximum Gasteiger partial charge on any atom is 0.310 e. The molecule has 122 valence electrons. The summed E-state index contributed by atoms with van der Waals surface area (Å²) in [5.41, 5.74) is 1.07. The number of likely N-dealkylation sites (tertiary alicyclic amines) is 1. The molecular formula is C17H25NO4. The number of aromatic hydroxyl groups is 1. The van der Waals surface area contributed by atoms with Crippen LogP contribution in [0.5, 0.6) is 11.5 Å². The minimum atomic E-state index is -0.0899. The zero-order valence-corrected chi connectivity index (χ0v) is 13.4. The summed E-state index contributed by atoms with van der Waals surface area (Å²) in [6, 6.07) is 5.42. The van der Waals surface area contributed by atoms with E-state index in [1.54, 1.807) is 6.07 Å². The van der Waals surface area contributed by atoms with E-state index in [-0.39, 0.29) is 17.6 Å². The number of ether oxygens (including phenoxy) is 2. The molecule has 1 aromatic carbocycles. The van der Waals surface area contributed by atoms with E-state index in [0.717, 1.165) is 38.0 Å². The van der Waals surface area contributed by atoms with Gasteiger partial charge in [0.15, 0.2) is 11.5 Å². The van der Waals surface area contributed by atoms with Gasteiger partial charge in [0.2, 0.25) is 0 Å². The molecule has 2 rings (SSSR count). The highest BCUT2D eigenvalue weighted by molar-refractivity contribution is 5.72. The molecule has 0 saturated carbocycles. The van der Waals surface area contributed by atoms with Crippen LogP contribution in [0.3, 0.4) is 0 Å². The molecule has 5 nitrogen and oxygen atoms in total. The number of hydrogen-bond acceptors (Lipinski definition) is 5. The summed E-state index contributed by atoms with van der Waals surface area (Å²) in [5.74, 6) is 0.553. The molecule has 1 atom stereocenters. The molecule has 5 heteroatoms. The quantitative estimate of drug-likeness (QED) is 0.819. The molecule has 0 radical (unpaired) electrons. The van der Waals surface area contributed by atoms with E-state index >= 15 is 0 Å². The zero-order valence-electron chi connectivity index (χ0n) is 13.4. The molecule has 1 fully saturated rings. The molecule has 1 aromatic rings. The monoisotopic (exact) mass is 307 g/mol. The Morgan fingerprint density at radius 3 is 2.91 bits per heavy atom. The summed E-state index contributed by atoms with van der Waals surface area (Å²) >= 11 is 0. The van der Waals surface area contributed by atoms with Crippen molar-refractivity contribution in [2.75, 3.05) is 26.3 Å². The number of phenolic OH excluding ortho intramolecular Hbond substituents is 1. The molecular weight excluding hydrogens is 282 g/mol. The first kappa shape index (κ1) is 16.6. The average Bonchev–Trinajstić information content (AvgIpc) is 2.51. The van der Waals surface area contributed by atoms with Crippen LogP contribution < -0.4 is 4.74 Å². The van der Waals surface area contributed by atoms with Gasteiger partial charge < -0.3 is 14.6 Å². The molecule has 1 N–H and O–H groups in total. The SMILES string of the molecule is CCOC(=O)[C@@H]1CCCN(Cc2ccc(O)c(OCC)c2)C1. The van der Waals surface area contributed by atoms with Gasteiger partial charge >= 0.3 is 5.97 Å². The lowest BCUT2D eigenvalue weighted by molar-refractivity contribution is -0.150. The number of phenols is 1. The van der Waals surface area contributed by atoms with Gasteiger partial charge in [0.1, 0.15) is 0 Å². The average molecular weight is 307 g/mol. The van der Waals surface area contributed by atoms with E-state index in [4.69, 9.17) is 9.47 Å². The van der Waals surface area contributed by atoms with Crippen LogP contribution in [-0.2, 0) is 16.1 Å². The second-order valence-corrected chi connectivity index (χ2v) is 5.56. The third-order valence-corrected chi connectivity index (χ3v) is 3.86. The summed E-state index contributed by atoms with van der Waals surface area (Å²) in [7, 11) is 0. The van der Waals surface area contributed by atoms with Crippen molar-refractivity contribution in [3.63, 3.8) is 0 Å². The lowest BCUT2D eigenvalue weighted by Gasteiger charge is -2.31. The van der Waals surface area contributed by atoms with Crippen LogP contribution in [0.1, 0.15) is 32.3 Å². The first-order valence-electron chi connectivity index (χ1n) is 7.97. The highest BCUT2D eigenvalue weighted by atomic mass is 16.5. The number of piperidine rings is 1. The summed E-state index contributed by atoms with van der Waals surface area (Å²) < 4.78 is 10.5. The number of hydrogen-bond donors (Lipinski definition) is 1. The van der Waals surface area contributed by atoms with Gasteiger partial charge in [-0.25, -0.2) is 0 Å². The van der Waals surface area contributed by atoms with Gasteiger partial charge in [-0.3, -0.25) is 9.69 Å². The fourth-order valence-corrected chi connectivity index (χ4v) is 2.84. The maximum absolute atomic E-state index is 11.9. The molecule has 0 bridgehead atoms. The number of esters is 1. The molecule has 0 aromatic heterocycles. The molecule has 1 heterocycles. The van der Waals surface area contributed by atoms with E-state index in [1.165, 1.54) is 0 Å². The van der Waals surface area contributed by atoms with Gasteiger partial charge in [-0.15, -0.1) is 0 Å². The minimum Gasteiger partial charge on any atom is -0.504 e. The van der Waals surface area contributed by atoms with Crippen LogP contribution in [-0.4, -0.2) is 42.3 Å². The Morgan fingerprint density at radius 2 is 2.18 bits per heavy atom. The van der Waals surface area contributed by atoms with E-state index in [0.29, 0.717) is 19.0 Å². The summed E-state index contributed by atoms with van der Waals surface area (Å²) in [5, 5.41) is 9.75. The molecule has 0 amide bonds. The highest BCUT2D eigenvalue weighted by Crippen LogP contribution is 2.28. The first-order chi connectivity index (χ1) is 10.6. The van der Waals surface area contributed by atoms with E-state index in [2.05, 4.69) is 4.90 Å². The lowest BCUT2D eigenvalue weighted by Crippen LogP contribution is -2.38. The van der Waals surface area contributed by atoms with E-state index in [9.17, 15) is 9.90 Å². The Labute approximate surface area is 131 Å². The lowest BCUT2D eigenvalue weighted by atomic mass is 9.97. The summed E-state index contributed by atoms with van der Waals surface area (Å²) in [6.07, 6.45) is 1.90. The zero-order chi connectivity index (χ0) is 15.9. The van der Waals surface area contributed by atoms with Gasteiger partial charge in [0, 0.05) is 13.1 Å². The van der Waals surface area contributed by atoms with E-state index in [1.807, 2.05) is 26.0 Å². The summed E-state index contributed by atoms with van der Waals surface area (Å²) in [4.78, 5) is 14.1. The van der Waals surface area contributed by atoms with Crippen molar-refractivity contribution in [2.24, 2.45) is 5.92 Å². The third kappa shape index (κ3) is 4.37. The summed E-state index contributed by atoms with van der Waals surface area (Å²) in [6.45, 7) is 7.13. The normalized spacial score (nSPS) is 18.9. The Bertz CT molecular complexity index is 503. The Kier molecular flexibility index (Phi) is 6.07. The fourth-order valence-electron chi connectivity index (χ4n) is 2.84. The number of rotatable bonds is 6. The van der Waals surface area contributed by atoms with Crippen LogP contribution in [0.15, 0.2) is 18.2 Å². The highest BCUT2D eigenvalue weighted by Gasteiger charge is 2.26. The molecule has 0 spiro atoms. The Balaban J connectivity index is 1.98. The molecule has 1 saturated heterocycles. The van der Waals surface area contributed by atoms with Gasteiger partial charge in [-0.05, 0) is 50.9 Å². The second-order valence-electron chi connectivity index (χ2n) is 5.56. The number of carbonyl (C=O) groups is 1. The predicted octanol–water partition coefficient (Wildman–Crippen LogP) is 2.57. The van der Waals surface area contributed by atoms with Crippen molar-refractivity contribution in [1.82, 2.24) is 4.90 Å². The van der Waals surface area contributed by atoms with Crippen LogP contribution in [0.25, 0.3) is 0 Å². The topological polar surface area (TPSA) is 59.0 Å². The van der Waals surface area contributed by atoms with Crippen molar-refractivity contribution in [2.45, 2.75) is 33.2 Å². The maximum atomic E-state index is 11.9. The molecule has 1 aliphatic rings. The predicted molar refractivity (Wildman–Crippen MR) is 83.9 cm³/mol. The number of nitrogens with zero attached hydrogens (tertiary/aromatic N) is 1. The fraction of sp³-hybridized carbons (Fsp3) is 0.588. The Morgan fingerprint density at radius 1 is 1.36 bits per heavy atom.